The molecule has 4 bridgehead atoms. The van der Waals surface area contributed by atoms with Gasteiger partial charge in [-0.1, -0.05) is 30.0 Å². The molecule has 0 radical (unpaired) electrons. The Morgan fingerprint density at radius 3 is 2.50 bits per heavy atom. The molecule has 1 heterocycles. The molecule has 5 rings (SSSR count). The third kappa shape index (κ3) is 3.88. The highest BCUT2D eigenvalue weighted by atomic mass is 32.2. The molecule has 5 nitrogen and oxygen atoms in total. The van der Waals surface area contributed by atoms with Crippen molar-refractivity contribution in [3.8, 4) is 0 Å². The normalized spacial score (nSPS) is 33.2. The van der Waals surface area contributed by atoms with Crippen LogP contribution in [-0.2, 0) is 4.79 Å². The van der Waals surface area contributed by atoms with Gasteiger partial charge in [0.05, 0.1) is 5.75 Å². The maximum atomic E-state index is 12.5. The fourth-order valence-electron chi connectivity index (χ4n) is 5.84. The summed E-state index contributed by atoms with van der Waals surface area (Å²) in [5.41, 5.74) is 0.370. The first-order valence-corrected chi connectivity index (χ1v) is 11.9. The summed E-state index contributed by atoms with van der Waals surface area (Å²) < 4.78 is 0.862. The Labute approximate surface area is 164 Å². The van der Waals surface area contributed by atoms with E-state index in [1.165, 1.54) is 61.6 Å². The van der Waals surface area contributed by atoms with E-state index in [1.807, 2.05) is 0 Å². The van der Waals surface area contributed by atoms with Crippen molar-refractivity contribution < 1.29 is 4.79 Å². The van der Waals surface area contributed by atoms with Gasteiger partial charge in [-0.05, 0) is 75.0 Å². The van der Waals surface area contributed by atoms with Gasteiger partial charge >= 0.3 is 0 Å². The topological polar surface area (TPSA) is 66.9 Å². The first-order valence-electron chi connectivity index (χ1n) is 10.1. The van der Waals surface area contributed by atoms with E-state index in [2.05, 4.69) is 34.7 Å². The minimum absolute atomic E-state index is 0.136. The number of hydrogen-bond donors (Lipinski definition) is 2. The Bertz CT molecular complexity index is 612. The minimum atomic E-state index is 0.136. The summed E-state index contributed by atoms with van der Waals surface area (Å²) in [5, 5.41) is 15.7. The van der Waals surface area contributed by atoms with Gasteiger partial charge in [0.25, 0.3) is 0 Å². The molecule has 0 spiro atoms. The van der Waals surface area contributed by atoms with E-state index < -0.39 is 0 Å². The molecule has 4 aliphatic carbocycles. The lowest BCUT2D eigenvalue weighted by Gasteiger charge is -2.59. The summed E-state index contributed by atoms with van der Waals surface area (Å²) in [6.45, 7) is 5.27. The van der Waals surface area contributed by atoms with Crippen LogP contribution in [0.25, 0.3) is 0 Å². The summed E-state index contributed by atoms with van der Waals surface area (Å²) in [5.74, 6) is 3.33. The van der Waals surface area contributed by atoms with Crippen LogP contribution in [0.4, 0.5) is 5.13 Å². The Balaban J connectivity index is 1.27. The van der Waals surface area contributed by atoms with Crippen LogP contribution in [0.1, 0.15) is 58.8 Å². The van der Waals surface area contributed by atoms with Crippen molar-refractivity contribution in [1.29, 1.82) is 0 Å². The van der Waals surface area contributed by atoms with Crippen LogP contribution in [0.5, 0.6) is 0 Å². The SMILES string of the molecule is CCCNc1nnc(SCC(=O)N[C@@H](C)C23CC4CC(CC(C4)C2)C3)s1. The molecule has 1 aromatic rings. The molecule has 1 aromatic heterocycles. The molecular weight excluding hydrogens is 364 g/mol. The maximum Gasteiger partial charge on any atom is 0.230 e. The molecule has 4 saturated carbocycles. The average molecular weight is 395 g/mol. The number of aromatic nitrogens is 2. The molecule has 0 saturated heterocycles. The molecule has 0 unspecified atom stereocenters. The number of hydrogen-bond acceptors (Lipinski definition) is 6. The van der Waals surface area contributed by atoms with Crippen LogP contribution in [0.3, 0.4) is 0 Å². The van der Waals surface area contributed by atoms with Crippen molar-refractivity contribution in [2.45, 2.75) is 69.2 Å². The molecule has 0 aliphatic heterocycles. The van der Waals surface area contributed by atoms with E-state index in [9.17, 15) is 4.79 Å². The van der Waals surface area contributed by atoms with Crippen molar-refractivity contribution in [2.75, 3.05) is 17.6 Å². The highest BCUT2D eigenvalue weighted by Gasteiger charge is 2.53. The molecule has 1 amide bonds. The van der Waals surface area contributed by atoms with Gasteiger partial charge < -0.3 is 10.6 Å². The Morgan fingerprint density at radius 2 is 1.88 bits per heavy atom. The van der Waals surface area contributed by atoms with E-state index in [1.54, 1.807) is 0 Å². The lowest BCUT2D eigenvalue weighted by Crippen LogP contribution is -2.56. The molecule has 4 fully saturated rings. The van der Waals surface area contributed by atoms with E-state index in [-0.39, 0.29) is 5.91 Å². The van der Waals surface area contributed by atoms with Gasteiger partial charge in [-0.25, -0.2) is 0 Å². The first kappa shape index (κ1) is 18.5. The van der Waals surface area contributed by atoms with Crippen molar-refractivity contribution in [3.05, 3.63) is 0 Å². The van der Waals surface area contributed by atoms with Crippen LogP contribution in [0, 0.1) is 23.2 Å². The number of nitrogens with zero attached hydrogens (tertiary/aromatic N) is 2. The second kappa shape index (κ2) is 7.66. The van der Waals surface area contributed by atoms with Gasteiger partial charge in [-0.2, -0.15) is 0 Å². The van der Waals surface area contributed by atoms with E-state index in [0.29, 0.717) is 17.2 Å². The van der Waals surface area contributed by atoms with Crippen molar-refractivity contribution in [1.82, 2.24) is 15.5 Å². The second-order valence-electron chi connectivity index (χ2n) is 8.66. The van der Waals surface area contributed by atoms with Crippen LogP contribution in [-0.4, -0.2) is 34.4 Å². The van der Waals surface area contributed by atoms with Crippen molar-refractivity contribution >= 4 is 34.1 Å². The van der Waals surface area contributed by atoms with E-state index in [4.69, 9.17) is 0 Å². The van der Waals surface area contributed by atoms with Gasteiger partial charge in [0, 0.05) is 12.6 Å². The second-order valence-corrected chi connectivity index (χ2v) is 10.9. The summed E-state index contributed by atoms with van der Waals surface area (Å²) in [6, 6.07) is 0.292. The molecule has 2 N–H and O–H groups in total. The number of rotatable bonds is 8. The zero-order chi connectivity index (χ0) is 18.1. The Kier molecular flexibility index (Phi) is 5.46. The van der Waals surface area contributed by atoms with E-state index >= 15 is 0 Å². The summed E-state index contributed by atoms with van der Waals surface area (Å²) in [6.07, 6.45) is 9.39. The standard InChI is InChI=1S/C19H30N4OS2/c1-3-4-20-17-22-23-18(26-17)25-11-16(24)21-12(2)19-8-13-5-14(9-19)7-15(6-13)10-19/h12-15H,3-11H2,1-2H3,(H,20,22)(H,21,24)/t12-,13?,14?,15?,19?/m0/s1. The number of thioether (sulfide) groups is 1. The zero-order valence-electron chi connectivity index (χ0n) is 15.8. The third-order valence-electron chi connectivity index (χ3n) is 6.64. The molecule has 26 heavy (non-hydrogen) atoms. The molecule has 1 atom stereocenters. The monoisotopic (exact) mass is 394 g/mol. The summed E-state index contributed by atoms with van der Waals surface area (Å²) >= 11 is 3.03. The van der Waals surface area contributed by atoms with E-state index in [0.717, 1.165) is 40.2 Å². The largest absolute Gasteiger partial charge is 0.360 e. The molecule has 7 heteroatoms. The summed E-state index contributed by atoms with van der Waals surface area (Å²) in [7, 11) is 0. The fourth-order valence-corrected chi connectivity index (χ4v) is 7.43. The van der Waals surface area contributed by atoms with Gasteiger partial charge in [-0.3, -0.25) is 4.79 Å². The highest BCUT2D eigenvalue weighted by Crippen LogP contribution is 2.61. The molecule has 144 valence electrons. The van der Waals surface area contributed by atoms with Crippen molar-refractivity contribution in [3.63, 3.8) is 0 Å². The van der Waals surface area contributed by atoms with Crippen LogP contribution in [0.15, 0.2) is 4.34 Å². The number of carbonyl (C=O) groups is 1. The predicted molar refractivity (Wildman–Crippen MR) is 108 cm³/mol. The quantitative estimate of drug-likeness (QED) is 0.648. The van der Waals surface area contributed by atoms with Gasteiger partial charge in [0.2, 0.25) is 11.0 Å². The van der Waals surface area contributed by atoms with Gasteiger partial charge in [0.1, 0.15) is 0 Å². The number of amides is 1. The smallest absolute Gasteiger partial charge is 0.230 e. The Hall–Kier alpha value is -0.820. The van der Waals surface area contributed by atoms with Gasteiger partial charge in [0.15, 0.2) is 4.34 Å². The zero-order valence-corrected chi connectivity index (χ0v) is 17.4. The summed E-state index contributed by atoms with van der Waals surface area (Å²) in [4.78, 5) is 12.5. The first-order chi connectivity index (χ1) is 12.6. The number of anilines is 1. The number of carbonyl (C=O) groups excluding carboxylic acids is 1. The van der Waals surface area contributed by atoms with Crippen LogP contribution >= 0.6 is 23.1 Å². The molecular formula is C19H30N4OS2. The van der Waals surface area contributed by atoms with Crippen molar-refractivity contribution in [2.24, 2.45) is 23.2 Å². The Morgan fingerprint density at radius 1 is 1.23 bits per heavy atom. The van der Waals surface area contributed by atoms with Crippen LogP contribution in [0.2, 0.25) is 0 Å². The number of nitrogens with one attached hydrogen (secondary N) is 2. The maximum absolute atomic E-state index is 12.5. The fraction of sp³-hybridized carbons (Fsp3) is 0.842. The highest BCUT2D eigenvalue weighted by molar-refractivity contribution is 8.01. The lowest BCUT2D eigenvalue weighted by atomic mass is 9.48. The van der Waals surface area contributed by atoms with Crippen LogP contribution < -0.4 is 10.6 Å². The minimum Gasteiger partial charge on any atom is -0.360 e. The third-order valence-corrected chi connectivity index (χ3v) is 8.66. The lowest BCUT2D eigenvalue weighted by molar-refractivity contribution is -0.123. The molecule has 4 aliphatic rings. The average Bonchev–Trinajstić information content (AvgIpc) is 3.05. The molecule has 0 aromatic carbocycles. The van der Waals surface area contributed by atoms with Gasteiger partial charge in [-0.15, -0.1) is 10.2 Å². The predicted octanol–water partition coefficient (Wildman–Crippen LogP) is 4.17.